The highest BCUT2D eigenvalue weighted by molar-refractivity contribution is 5.29. The van der Waals surface area contributed by atoms with E-state index in [4.69, 9.17) is 4.52 Å². The van der Waals surface area contributed by atoms with Gasteiger partial charge in [0, 0.05) is 45.0 Å². The van der Waals surface area contributed by atoms with E-state index in [0.717, 1.165) is 63.1 Å². The molecule has 0 bridgehead atoms. The van der Waals surface area contributed by atoms with Crippen molar-refractivity contribution in [2.24, 2.45) is 0 Å². The molecule has 0 spiro atoms. The molecular weight excluding hydrogens is 292 g/mol. The molecule has 2 aromatic heterocycles. The Morgan fingerprint density at radius 1 is 1.17 bits per heavy atom. The lowest BCUT2D eigenvalue weighted by Gasteiger charge is -2.36. The Labute approximate surface area is 136 Å². The van der Waals surface area contributed by atoms with Gasteiger partial charge in [0.1, 0.15) is 0 Å². The van der Waals surface area contributed by atoms with Crippen LogP contribution < -0.4 is 4.90 Å². The third kappa shape index (κ3) is 3.85. The largest absolute Gasteiger partial charge is 0.338 e. The molecule has 7 nitrogen and oxygen atoms in total. The lowest BCUT2D eigenvalue weighted by Crippen LogP contribution is -2.47. The maximum absolute atomic E-state index is 5.45. The molecule has 1 saturated heterocycles. The van der Waals surface area contributed by atoms with Crippen molar-refractivity contribution in [3.8, 4) is 0 Å². The summed E-state index contributed by atoms with van der Waals surface area (Å²) >= 11 is 0. The van der Waals surface area contributed by atoms with E-state index < -0.39 is 0 Å². The topological polar surface area (TPSA) is 71.2 Å². The molecule has 7 heteroatoms. The summed E-state index contributed by atoms with van der Waals surface area (Å²) in [6.07, 6.45) is 6.71. The second-order valence-corrected chi connectivity index (χ2v) is 5.90. The number of piperazine rings is 1. The molecular formula is C16H24N6O. The van der Waals surface area contributed by atoms with Crippen LogP contribution in [0.4, 0.5) is 5.95 Å². The lowest BCUT2D eigenvalue weighted by molar-refractivity contribution is 0.163. The molecule has 0 N–H and O–H groups in total. The zero-order chi connectivity index (χ0) is 16.1. The first-order valence-electron chi connectivity index (χ1n) is 8.36. The van der Waals surface area contributed by atoms with Crippen molar-refractivity contribution in [2.75, 3.05) is 31.1 Å². The van der Waals surface area contributed by atoms with Gasteiger partial charge in [0.05, 0.1) is 6.04 Å². The summed E-state index contributed by atoms with van der Waals surface area (Å²) in [5.74, 6) is 2.35. The van der Waals surface area contributed by atoms with E-state index in [2.05, 4.69) is 43.8 Å². The number of hydrogen-bond acceptors (Lipinski definition) is 7. The average Bonchev–Trinajstić information content (AvgIpc) is 3.09. The van der Waals surface area contributed by atoms with Gasteiger partial charge in [0.2, 0.25) is 11.8 Å². The fourth-order valence-corrected chi connectivity index (χ4v) is 2.79. The van der Waals surface area contributed by atoms with Gasteiger partial charge in [0.15, 0.2) is 5.82 Å². The summed E-state index contributed by atoms with van der Waals surface area (Å²) in [6.45, 7) is 7.99. The van der Waals surface area contributed by atoms with E-state index in [1.165, 1.54) is 0 Å². The predicted molar refractivity (Wildman–Crippen MR) is 87.1 cm³/mol. The first-order chi connectivity index (χ1) is 11.3. The van der Waals surface area contributed by atoms with Crippen LogP contribution in [-0.2, 0) is 6.42 Å². The van der Waals surface area contributed by atoms with E-state index in [1.807, 2.05) is 6.07 Å². The van der Waals surface area contributed by atoms with Gasteiger partial charge in [0.25, 0.3) is 0 Å². The second kappa shape index (κ2) is 7.50. The van der Waals surface area contributed by atoms with Crippen LogP contribution in [0, 0.1) is 0 Å². The third-order valence-electron chi connectivity index (χ3n) is 4.29. The van der Waals surface area contributed by atoms with Gasteiger partial charge in [-0.2, -0.15) is 4.98 Å². The predicted octanol–water partition coefficient (Wildman–Crippen LogP) is 2.09. The Morgan fingerprint density at radius 3 is 2.61 bits per heavy atom. The summed E-state index contributed by atoms with van der Waals surface area (Å²) in [6, 6.07) is 1.99. The van der Waals surface area contributed by atoms with Crippen molar-refractivity contribution in [3.05, 3.63) is 30.2 Å². The molecule has 1 aliphatic rings. The molecule has 1 unspecified atom stereocenters. The Bertz CT molecular complexity index is 594. The van der Waals surface area contributed by atoms with E-state index in [0.29, 0.717) is 0 Å². The van der Waals surface area contributed by atoms with Crippen molar-refractivity contribution in [1.82, 2.24) is 25.0 Å². The first kappa shape index (κ1) is 15.9. The molecule has 124 valence electrons. The first-order valence-corrected chi connectivity index (χ1v) is 8.36. The minimum absolute atomic E-state index is 0.150. The van der Waals surface area contributed by atoms with Crippen molar-refractivity contribution in [1.29, 1.82) is 0 Å². The molecule has 23 heavy (non-hydrogen) atoms. The maximum atomic E-state index is 5.45. The normalized spacial score (nSPS) is 17.4. The highest BCUT2D eigenvalue weighted by atomic mass is 16.5. The number of rotatable bonds is 6. The van der Waals surface area contributed by atoms with Crippen LogP contribution in [0.2, 0.25) is 0 Å². The third-order valence-corrected chi connectivity index (χ3v) is 4.29. The van der Waals surface area contributed by atoms with Crippen LogP contribution >= 0.6 is 0 Å². The van der Waals surface area contributed by atoms with Gasteiger partial charge in [-0.25, -0.2) is 9.97 Å². The number of aromatic nitrogens is 4. The highest BCUT2D eigenvalue weighted by Gasteiger charge is 2.26. The Morgan fingerprint density at radius 2 is 1.91 bits per heavy atom. The fourth-order valence-electron chi connectivity index (χ4n) is 2.79. The molecule has 1 fully saturated rings. The van der Waals surface area contributed by atoms with Gasteiger partial charge >= 0.3 is 0 Å². The molecule has 0 aliphatic carbocycles. The SMILES string of the molecule is CCCCc1noc(C(C)N2CCN(c3ncccn3)CC2)n1. The molecule has 3 heterocycles. The monoisotopic (exact) mass is 316 g/mol. The van der Waals surface area contributed by atoms with Crippen LogP contribution in [0.5, 0.6) is 0 Å². The van der Waals surface area contributed by atoms with Gasteiger partial charge < -0.3 is 9.42 Å². The standard InChI is InChI=1S/C16H24N6O/c1-3-4-6-14-19-15(23-20-14)13(2)21-9-11-22(12-10-21)16-17-7-5-8-18-16/h5,7-8,13H,3-4,6,9-12H2,1-2H3. The second-order valence-electron chi connectivity index (χ2n) is 5.90. The van der Waals surface area contributed by atoms with Crippen LogP contribution in [0.3, 0.4) is 0 Å². The smallest absolute Gasteiger partial charge is 0.243 e. The Balaban J connectivity index is 1.55. The number of hydrogen-bond donors (Lipinski definition) is 0. The van der Waals surface area contributed by atoms with Crippen molar-refractivity contribution in [2.45, 2.75) is 39.2 Å². The van der Waals surface area contributed by atoms with E-state index in [-0.39, 0.29) is 6.04 Å². The average molecular weight is 316 g/mol. The Kier molecular flexibility index (Phi) is 5.17. The minimum Gasteiger partial charge on any atom is -0.338 e. The number of aryl methyl sites for hydroxylation is 1. The lowest BCUT2D eigenvalue weighted by atomic mass is 10.2. The van der Waals surface area contributed by atoms with Crippen LogP contribution in [0.1, 0.15) is 44.4 Å². The van der Waals surface area contributed by atoms with E-state index >= 15 is 0 Å². The van der Waals surface area contributed by atoms with Gasteiger partial charge in [-0.1, -0.05) is 18.5 Å². The number of nitrogens with zero attached hydrogens (tertiary/aromatic N) is 6. The zero-order valence-electron chi connectivity index (χ0n) is 13.9. The van der Waals surface area contributed by atoms with Crippen molar-refractivity contribution < 1.29 is 4.52 Å². The molecule has 2 aromatic rings. The van der Waals surface area contributed by atoms with Gasteiger partial charge in [-0.15, -0.1) is 0 Å². The fraction of sp³-hybridized carbons (Fsp3) is 0.625. The van der Waals surface area contributed by atoms with Crippen LogP contribution in [0.15, 0.2) is 23.0 Å². The molecule has 0 saturated carbocycles. The van der Waals surface area contributed by atoms with E-state index in [1.54, 1.807) is 12.4 Å². The van der Waals surface area contributed by atoms with E-state index in [9.17, 15) is 0 Å². The summed E-state index contributed by atoms with van der Waals surface area (Å²) in [5, 5.41) is 4.09. The molecule has 0 amide bonds. The molecule has 0 aromatic carbocycles. The molecule has 0 radical (unpaired) electrons. The number of unbranched alkanes of at least 4 members (excludes halogenated alkanes) is 1. The van der Waals surface area contributed by atoms with Gasteiger partial charge in [-0.3, -0.25) is 4.90 Å². The summed E-state index contributed by atoms with van der Waals surface area (Å²) < 4.78 is 5.45. The highest BCUT2D eigenvalue weighted by Crippen LogP contribution is 2.21. The minimum atomic E-state index is 0.150. The molecule has 3 rings (SSSR count). The maximum Gasteiger partial charge on any atom is 0.243 e. The zero-order valence-corrected chi connectivity index (χ0v) is 13.9. The summed E-state index contributed by atoms with van der Waals surface area (Å²) in [7, 11) is 0. The molecule has 1 atom stereocenters. The number of anilines is 1. The Hall–Kier alpha value is -2.02. The summed E-state index contributed by atoms with van der Waals surface area (Å²) in [4.78, 5) is 17.8. The molecule has 1 aliphatic heterocycles. The van der Waals surface area contributed by atoms with Crippen molar-refractivity contribution in [3.63, 3.8) is 0 Å². The summed E-state index contributed by atoms with van der Waals surface area (Å²) in [5.41, 5.74) is 0. The van der Waals surface area contributed by atoms with Crippen LogP contribution in [0.25, 0.3) is 0 Å². The van der Waals surface area contributed by atoms with Gasteiger partial charge in [-0.05, 0) is 19.4 Å². The van der Waals surface area contributed by atoms with Crippen molar-refractivity contribution >= 4 is 5.95 Å². The quantitative estimate of drug-likeness (QED) is 0.808. The van der Waals surface area contributed by atoms with Crippen LogP contribution in [-0.4, -0.2) is 51.2 Å².